The zero-order chi connectivity index (χ0) is 30.9. The van der Waals surface area contributed by atoms with E-state index in [4.69, 9.17) is 14.4 Å². The molecule has 0 atom stereocenters. The molecule has 0 N–H and O–H groups in total. The van der Waals surface area contributed by atoms with Crippen molar-refractivity contribution >= 4 is 65.3 Å². The summed E-state index contributed by atoms with van der Waals surface area (Å²) >= 11 is 0. The number of hydrogen-bond donors (Lipinski definition) is 0. The minimum Gasteiger partial charge on any atom is -0.456 e. The third kappa shape index (κ3) is 4.14. The fourth-order valence-electron chi connectivity index (χ4n) is 7.08. The fraction of sp³-hybridized carbons (Fsp3) is 0. The summed E-state index contributed by atoms with van der Waals surface area (Å²) in [5.41, 5.74) is 10.0. The molecule has 3 heteroatoms. The summed E-state index contributed by atoms with van der Waals surface area (Å²) in [6, 6.07) is 55.6. The van der Waals surface area contributed by atoms with Crippen LogP contribution in [0.4, 0.5) is 0 Å². The van der Waals surface area contributed by atoms with Crippen LogP contribution in [-0.2, 0) is 0 Å². The molecule has 3 nitrogen and oxygen atoms in total. The predicted octanol–water partition coefficient (Wildman–Crippen LogP) is 12.0. The normalized spacial score (nSPS) is 11.8. The Balaban J connectivity index is 1.07. The number of furan rings is 1. The number of pyridine rings is 2. The van der Waals surface area contributed by atoms with E-state index in [9.17, 15) is 0 Å². The van der Waals surface area contributed by atoms with Crippen LogP contribution in [0.1, 0.15) is 0 Å². The number of nitrogens with zero attached hydrogens (tertiary/aromatic N) is 2. The van der Waals surface area contributed by atoms with Crippen LogP contribution in [0.2, 0.25) is 0 Å². The lowest BCUT2D eigenvalue weighted by Crippen LogP contribution is -1.92. The molecule has 0 fully saturated rings. The number of rotatable bonds is 3. The summed E-state index contributed by atoms with van der Waals surface area (Å²) in [4.78, 5) is 10.5. The van der Waals surface area contributed by atoms with E-state index in [-0.39, 0.29) is 0 Å². The first kappa shape index (κ1) is 26.0. The molecule has 0 aliphatic heterocycles. The van der Waals surface area contributed by atoms with Crippen LogP contribution < -0.4 is 0 Å². The van der Waals surface area contributed by atoms with Crippen LogP contribution in [0.3, 0.4) is 0 Å². The molecule has 218 valence electrons. The summed E-state index contributed by atoms with van der Waals surface area (Å²) in [5, 5.41) is 9.33. The summed E-state index contributed by atoms with van der Waals surface area (Å²) < 4.78 is 6.04. The van der Waals surface area contributed by atoms with Crippen LogP contribution in [-0.4, -0.2) is 9.97 Å². The van der Waals surface area contributed by atoms with E-state index in [2.05, 4.69) is 146 Å². The van der Waals surface area contributed by atoms with Gasteiger partial charge in [-0.25, -0.2) is 9.97 Å². The Kier molecular flexibility index (Phi) is 5.57. The van der Waals surface area contributed by atoms with Gasteiger partial charge in [-0.2, -0.15) is 0 Å². The van der Waals surface area contributed by atoms with Gasteiger partial charge in [0.1, 0.15) is 11.2 Å². The molecule has 3 heterocycles. The first-order valence-electron chi connectivity index (χ1n) is 15.9. The van der Waals surface area contributed by atoms with Crippen molar-refractivity contribution in [2.24, 2.45) is 0 Å². The Morgan fingerprint density at radius 1 is 0.340 bits per heavy atom. The Morgan fingerprint density at radius 3 is 1.72 bits per heavy atom. The molecule has 0 spiro atoms. The highest BCUT2D eigenvalue weighted by Gasteiger charge is 2.13. The Labute approximate surface area is 270 Å². The second-order valence-corrected chi connectivity index (χ2v) is 12.2. The summed E-state index contributed by atoms with van der Waals surface area (Å²) in [6.45, 7) is 0. The molecule has 10 rings (SSSR count). The van der Waals surface area contributed by atoms with Crippen LogP contribution in [0.15, 0.2) is 162 Å². The number of para-hydroxylation sites is 1. The van der Waals surface area contributed by atoms with Gasteiger partial charge in [0.2, 0.25) is 0 Å². The van der Waals surface area contributed by atoms with Crippen molar-refractivity contribution in [3.8, 4) is 33.6 Å². The molecular weight excluding hydrogens is 572 g/mol. The predicted molar refractivity (Wildman–Crippen MR) is 196 cm³/mol. The second kappa shape index (κ2) is 10.1. The van der Waals surface area contributed by atoms with E-state index >= 15 is 0 Å². The summed E-state index contributed by atoms with van der Waals surface area (Å²) in [5.74, 6) is 0. The molecular formula is C44H26N2O. The SMILES string of the molecule is c1ccc2c(c1)cc(-c1ccc3ccc4ccc(-c5ccc(-c6ccc7oc8ccccc8c7c6)cc5)nc4c3n1)c1ccccc12. The largest absolute Gasteiger partial charge is 0.456 e. The third-order valence-corrected chi connectivity index (χ3v) is 9.45. The molecule has 0 saturated heterocycles. The van der Waals surface area contributed by atoms with Gasteiger partial charge in [-0.3, -0.25) is 0 Å². The summed E-state index contributed by atoms with van der Waals surface area (Å²) in [6.07, 6.45) is 0. The molecule has 47 heavy (non-hydrogen) atoms. The Hall–Kier alpha value is -6.32. The highest BCUT2D eigenvalue weighted by molar-refractivity contribution is 6.14. The topological polar surface area (TPSA) is 38.9 Å². The highest BCUT2D eigenvalue weighted by Crippen LogP contribution is 2.37. The number of aromatic nitrogens is 2. The second-order valence-electron chi connectivity index (χ2n) is 12.2. The van der Waals surface area contributed by atoms with Crippen molar-refractivity contribution in [2.75, 3.05) is 0 Å². The van der Waals surface area contributed by atoms with Gasteiger partial charge in [-0.05, 0) is 69.1 Å². The van der Waals surface area contributed by atoms with Crippen LogP contribution in [0.25, 0.3) is 98.9 Å². The van der Waals surface area contributed by atoms with Crippen molar-refractivity contribution in [2.45, 2.75) is 0 Å². The highest BCUT2D eigenvalue weighted by atomic mass is 16.3. The first-order valence-corrected chi connectivity index (χ1v) is 15.9. The van der Waals surface area contributed by atoms with Crippen molar-refractivity contribution in [1.29, 1.82) is 0 Å². The number of hydrogen-bond acceptors (Lipinski definition) is 3. The molecule has 0 aliphatic rings. The lowest BCUT2D eigenvalue weighted by atomic mass is 9.95. The van der Waals surface area contributed by atoms with Crippen LogP contribution in [0.5, 0.6) is 0 Å². The van der Waals surface area contributed by atoms with Crippen LogP contribution >= 0.6 is 0 Å². The zero-order valence-corrected chi connectivity index (χ0v) is 25.3. The van der Waals surface area contributed by atoms with Crippen molar-refractivity contribution in [3.05, 3.63) is 158 Å². The van der Waals surface area contributed by atoms with E-state index in [0.29, 0.717) is 0 Å². The minimum atomic E-state index is 0.907. The van der Waals surface area contributed by atoms with E-state index in [1.165, 1.54) is 21.5 Å². The standard InChI is InChI=1S/C44H26N2O/c1-2-8-33-32(7-1)26-37(35-10-4-3-9-34(33)35)40-23-20-30-18-17-29-19-22-39(45-43(29)44(30)46-40)28-15-13-27(14-16-28)31-21-24-42-38(25-31)36-11-5-6-12-41(36)47-42/h1-26H. The van der Waals surface area contributed by atoms with Gasteiger partial charge >= 0.3 is 0 Å². The average Bonchev–Trinajstić information content (AvgIpc) is 3.52. The van der Waals surface area contributed by atoms with Gasteiger partial charge in [0.25, 0.3) is 0 Å². The monoisotopic (exact) mass is 598 g/mol. The van der Waals surface area contributed by atoms with Crippen molar-refractivity contribution in [1.82, 2.24) is 9.97 Å². The maximum Gasteiger partial charge on any atom is 0.135 e. The maximum absolute atomic E-state index is 6.04. The van der Waals surface area contributed by atoms with E-state index < -0.39 is 0 Å². The van der Waals surface area contributed by atoms with Crippen molar-refractivity contribution < 1.29 is 4.42 Å². The third-order valence-electron chi connectivity index (χ3n) is 9.45. The molecule has 0 radical (unpaired) electrons. The quantitative estimate of drug-likeness (QED) is 0.190. The average molecular weight is 599 g/mol. The molecule has 0 bridgehead atoms. The maximum atomic E-state index is 6.04. The zero-order valence-electron chi connectivity index (χ0n) is 25.3. The van der Waals surface area contributed by atoms with Gasteiger partial charge in [-0.1, -0.05) is 121 Å². The molecule has 7 aromatic carbocycles. The Morgan fingerprint density at radius 2 is 0.915 bits per heavy atom. The number of fused-ring (bicyclic) bond motifs is 9. The van der Waals surface area contributed by atoms with Crippen LogP contribution in [0, 0.1) is 0 Å². The molecule has 0 aliphatic carbocycles. The van der Waals surface area contributed by atoms with Gasteiger partial charge in [0.05, 0.1) is 22.4 Å². The van der Waals surface area contributed by atoms with E-state index in [0.717, 1.165) is 77.4 Å². The van der Waals surface area contributed by atoms with Gasteiger partial charge in [-0.15, -0.1) is 0 Å². The molecule has 10 aromatic rings. The lowest BCUT2D eigenvalue weighted by molar-refractivity contribution is 0.669. The van der Waals surface area contributed by atoms with Gasteiger partial charge < -0.3 is 4.42 Å². The molecule has 0 unspecified atom stereocenters. The molecule has 0 saturated carbocycles. The molecule has 3 aromatic heterocycles. The minimum absolute atomic E-state index is 0.907. The van der Waals surface area contributed by atoms with Gasteiger partial charge in [0, 0.05) is 32.7 Å². The lowest BCUT2D eigenvalue weighted by Gasteiger charge is -2.12. The van der Waals surface area contributed by atoms with E-state index in [1.807, 2.05) is 12.1 Å². The number of benzene rings is 7. The Bertz CT molecular complexity index is 2850. The smallest absolute Gasteiger partial charge is 0.135 e. The fourth-order valence-corrected chi connectivity index (χ4v) is 7.08. The summed E-state index contributed by atoms with van der Waals surface area (Å²) in [7, 11) is 0. The van der Waals surface area contributed by atoms with Gasteiger partial charge in [0.15, 0.2) is 0 Å². The first-order chi connectivity index (χ1) is 23.3. The van der Waals surface area contributed by atoms with Crippen molar-refractivity contribution in [3.63, 3.8) is 0 Å². The van der Waals surface area contributed by atoms with E-state index in [1.54, 1.807) is 0 Å². The molecule has 0 amide bonds.